The number of halogens is 1. The van der Waals surface area contributed by atoms with Crippen molar-refractivity contribution in [3.8, 4) is 0 Å². The Morgan fingerprint density at radius 1 is 1.27 bits per heavy atom. The van der Waals surface area contributed by atoms with Crippen molar-refractivity contribution < 1.29 is 14.3 Å². The lowest BCUT2D eigenvalue weighted by Gasteiger charge is -2.37. The molecule has 0 aromatic heterocycles. The van der Waals surface area contributed by atoms with Crippen LogP contribution in [0.15, 0.2) is 24.3 Å². The van der Waals surface area contributed by atoms with Gasteiger partial charge in [0, 0.05) is 39.3 Å². The molecule has 2 rings (SSSR count). The third-order valence-electron chi connectivity index (χ3n) is 4.13. The molecule has 0 bridgehead atoms. The van der Waals surface area contributed by atoms with E-state index in [2.05, 4.69) is 15.1 Å². The number of nitrogens with one attached hydrogen (secondary N) is 1. The number of piperazine rings is 1. The summed E-state index contributed by atoms with van der Waals surface area (Å²) in [6.07, 6.45) is 0. The van der Waals surface area contributed by atoms with Gasteiger partial charge in [-0.3, -0.25) is 14.6 Å². The molecule has 0 aliphatic carbocycles. The number of aliphatic hydroxyl groups is 1. The normalized spacial score (nSPS) is 18.1. The van der Waals surface area contributed by atoms with Crippen LogP contribution in [0.1, 0.15) is 12.5 Å². The van der Waals surface area contributed by atoms with Crippen molar-refractivity contribution in [2.45, 2.75) is 19.5 Å². The van der Waals surface area contributed by atoms with E-state index in [1.165, 1.54) is 12.1 Å². The van der Waals surface area contributed by atoms with Crippen LogP contribution in [0, 0.1) is 5.82 Å². The van der Waals surface area contributed by atoms with E-state index < -0.39 is 0 Å². The summed E-state index contributed by atoms with van der Waals surface area (Å²) in [6.45, 7) is 6.57. The third-order valence-corrected chi connectivity index (χ3v) is 4.13. The van der Waals surface area contributed by atoms with Crippen molar-refractivity contribution in [1.29, 1.82) is 0 Å². The van der Waals surface area contributed by atoms with Crippen molar-refractivity contribution in [3.63, 3.8) is 0 Å². The first-order chi connectivity index (χ1) is 10.6. The summed E-state index contributed by atoms with van der Waals surface area (Å²) in [5, 5.41) is 11.8. The van der Waals surface area contributed by atoms with Crippen molar-refractivity contribution in [1.82, 2.24) is 15.1 Å². The molecule has 122 valence electrons. The van der Waals surface area contributed by atoms with Gasteiger partial charge in [0.05, 0.1) is 12.6 Å². The number of aliphatic hydroxyl groups excluding tert-OH is 1. The second-order valence-electron chi connectivity index (χ2n) is 5.62. The van der Waals surface area contributed by atoms with Gasteiger partial charge in [-0.25, -0.2) is 4.39 Å². The van der Waals surface area contributed by atoms with E-state index in [9.17, 15) is 9.18 Å². The zero-order valence-electron chi connectivity index (χ0n) is 13.0. The number of hydrogen-bond donors (Lipinski definition) is 2. The molecule has 1 aromatic carbocycles. The molecule has 0 spiro atoms. The van der Waals surface area contributed by atoms with Gasteiger partial charge in [-0.2, -0.15) is 0 Å². The fourth-order valence-corrected chi connectivity index (χ4v) is 2.62. The average molecular weight is 309 g/mol. The Labute approximate surface area is 130 Å². The van der Waals surface area contributed by atoms with Gasteiger partial charge in [-0.1, -0.05) is 12.1 Å². The maximum Gasteiger partial charge on any atom is 0.237 e. The number of β-amino-alcohol motifs (C(OH)–C–C–N with tert-alkyl or cyclic N) is 1. The molecule has 1 amide bonds. The zero-order valence-corrected chi connectivity index (χ0v) is 13.0. The first kappa shape index (κ1) is 16.9. The lowest BCUT2D eigenvalue weighted by molar-refractivity contribution is -0.126. The van der Waals surface area contributed by atoms with E-state index in [0.29, 0.717) is 13.1 Å². The molecule has 1 atom stereocenters. The van der Waals surface area contributed by atoms with E-state index in [1.807, 2.05) is 6.92 Å². The molecule has 0 unspecified atom stereocenters. The second kappa shape index (κ2) is 8.22. The lowest BCUT2D eigenvalue weighted by atomic mass is 10.2. The van der Waals surface area contributed by atoms with Gasteiger partial charge >= 0.3 is 0 Å². The van der Waals surface area contributed by atoms with Crippen LogP contribution in [0.25, 0.3) is 0 Å². The highest BCUT2D eigenvalue weighted by Crippen LogP contribution is 2.07. The molecule has 1 heterocycles. The summed E-state index contributed by atoms with van der Waals surface area (Å²) in [7, 11) is 0. The average Bonchev–Trinajstić information content (AvgIpc) is 2.54. The second-order valence-corrected chi connectivity index (χ2v) is 5.62. The number of nitrogens with zero attached hydrogens (tertiary/aromatic N) is 2. The molecule has 6 heteroatoms. The van der Waals surface area contributed by atoms with Crippen molar-refractivity contribution in [2.24, 2.45) is 0 Å². The molecule has 2 N–H and O–H groups in total. The standard InChI is InChI=1S/C16H24FN3O2/c1-13(20-8-6-19(7-9-20)10-11-21)16(22)18-12-14-2-4-15(17)5-3-14/h2-5,13,21H,6-12H2,1H3,(H,18,22)/t13-/m0/s1. The Hall–Kier alpha value is -1.50. The van der Waals surface area contributed by atoms with Crippen LogP contribution in [0.5, 0.6) is 0 Å². The van der Waals surface area contributed by atoms with Crippen LogP contribution >= 0.6 is 0 Å². The molecule has 1 fully saturated rings. The maximum atomic E-state index is 12.8. The number of hydrogen-bond acceptors (Lipinski definition) is 4. The summed E-state index contributed by atoms with van der Waals surface area (Å²) < 4.78 is 12.8. The highest BCUT2D eigenvalue weighted by molar-refractivity contribution is 5.81. The predicted molar refractivity (Wildman–Crippen MR) is 82.8 cm³/mol. The van der Waals surface area contributed by atoms with Crippen molar-refractivity contribution in [2.75, 3.05) is 39.3 Å². The SMILES string of the molecule is C[C@@H](C(=O)NCc1ccc(F)cc1)N1CCN(CCO)CC1. The molecule has 22 heavy (non-hydrogen) atoms. The highest BCUT2D eigenvalue weighted by atomic mass is 19.1. The molecule has 5 nitrogen and oxygen atoms in total. The van der Waals surface area contributed by atoms with Gasteiger partial charge in [0.25, 0.3) is 0 Å². The minimum atomic E-state index is -0.274. The zero-order chi connectivity index (χ0) is 15.9. The summed E-state index contributed by atoms with van der Waals surface area (Å²) in [4.78, 5) is 16.6. The number of carbonyl (C=O) groups is 1. The molecule has 1 aromatic rings. The summed E-state index contributed by atoms with van der Waals surface area (Å²) in [5.74, 6) is -0.288. The van der Waals surface area contributed by atoms with Crippen LogP contribution in [0.4, 0.5) is 4.39 Å². The Bertz CT molecular complexity index is 473. The monoisotopic (exact) mass is 309 g/mol. The van der Waals surface area contributed by atoms with Gasteiger partial charge in [0.1, 0.15) is 5.82 Å². The van der Waals surface area contributed by atoms with Crippen LogP contribution in [-0.4, -0.2) is 66.2 Å². The topological polar surface area (TPSA) is 55.8 Å². The first-order valence-corrected chi connectivity index (χ1v) is 7.69. The Morgan fingerprint density at radius 3 is 2.50 bits per heavy atom. The van der Waals surface area contributed by atoms with Crippen LogP contribution in [0.3, 0.4) is 0 Å². The number of amides is 1. The summed E-state index contributed by atoms with van der Waals surface area (Å²) in [6, 6.07) is 5.95. The van der Waals surface area contributed by atoms with E-state index >= 15 is 0 Å². The molecule has 0 radical (unpaired) electrons. The van der Waals surface area contributed by atoms with Gasteiger partial charge in [0.2, 0.25) is 5.91 Å². The molecule has 0 saturated carbocycles. The number of carbonyl (C=O) groups excluding carboxylic acids is 1. The van der Waals surface area contributed by atoms with E-state index in [-0.39, 0.29) is 24.4 Å². The van der Waals surface area contributed by atoms with E-state index in [4.69, 9.17) is 5.11 Å². The smallest absolute Gasteiger partial charge is 0.237 e. The van der Waals surface area contributed by atoms with Crippen LogP contribution < -0.4 is 5.32 Å². The van der Waals surface area contributed by atoms with Crippen molar-refractivity contribution in [3.05, 3.63) is 35.6 Å². The summed E-state index contributed by atoms with van der Waals surface area (Å²) >= 11 is 0. The third kappa shape index (κ3) is 4.76. The highest BCUT2D eigenvalue weighted by Gasteiger charge is 2.25. The minimum Gasteiger partial charge on any atom is -0.395 e. The number of rotatable bonds is 6. The molecule has 1 saturated heterocycles. The van der Waals surface area contributed by atoms with Crippen LogP contribution in [-0.2, 0) is 11.3 Å². The fourth-order valence-electron chi connectivity index (χ4n) is 2.62. The minimum absolute atomic E-state index is 0.0140. The van der Waals surface area contributed by atoms with Gasteiger partial charge in [0.15, 0.2) is 0 Å². The van der Waals surface area contributed by atoms with E-state index in [1.54, 1.807) is 12.1 Å². The summed E-state index contributed by atoms with van der Waals surface area (Å²) in [5.41, 5.74) is 0.884. The predicted octanol–water partition coefficient (Wildman–Crippen LogP) is 0.440. The largest absolute Gasteiger partial charge is 0.395 e. The quantitative estimate of drug-likeness (QED) is 0.801. The van der Waals surface area contributed by atoms with Gasteiger partial charge < -0.3 is 10.4 Å². The Morgan fingerprint density at radius 2 is 1.91 bits per heavy atom. The first-order valence-electron chi connectivity index (χ1n) is 7.69. The molecular formula is C16H24FN3O2. The maximum absolute atomic E-state index is 12.8. The van der Waals surface area contributed by atoms with Gasteiger partial charge in [-0.05, 0) is 24.6 Å². The van der Waals surface area contributed by atoms with Crippen LogP contribution in [0.2, 0.25) is 0 Å². The lowest BCUT2D eigenvalue weighted by Crippen LogP contribution is -2.54. The van der Waals surface area contributed by atoms with Crippen molar-refractivity contribution >= 4 is 5.91 Å². The van der Waals surface area contributed by atoms with E-state index in [0.717, 1.165) is 31.7 Å². The molecule has 1 aliphatic rings. The molecular weight excluding hydrogens is 285 g/mol. The van der Waals surface area contributed by atoms with Gasteiger partial charge in [-0.15, -0.1) is 0 Å². The Balaban J connectivity index is 1.76. The number of benzene rings is 1. The fraction of sp³-hybridized carbons (Fsp3) is 0.562. The Kier molecular flexibility index (Phi) is 6.30. The molecule has 1 aliphatic heterocycles.